The van der Waals surface area contributed by atoms with Gasteiger partial charge in [-0.05, 0) is 33.6 Å². The largest absolute Gasteiger partial charge is 0.417 e. The van der Waals surface area contributed by atoms with Gasteiger partial charge in [0, 0.05) is 6.54 Å². The molecule has 2 aromatic heterocycles. The average molecular weight is 323 g/mol. The molecule has 19 heavy (non-hydrogen) atoms. The smallest absolute Gasteiger partial charge is 0.408 e. The first-order chi connectivity index (χ1) is 9.17. The maximum atomic E-state index is 11.1. The number of oxazole rings is 1. The Bertz CT molecular complexity index is 773. The average Bonchev–Trinajstić information content (AvgIpc) is 2.95. The Labute approximate surface area is 116 Å². The van der Waals surface area contributed by atoms with Crippen molar-refractivity contribution in [2.45, 2.75) is 5.92 Å². The van der Waals surface area contributed by atoms with Crippen LogP contribution in [0, 0.1) is 0 Å². The van der Waals surface area contributed by atoms with Gasteiger partial charge in [0.05, 0.1) is 17.6 Å². The Morgan fingerprint density at radius 1 is 1.42 bits per heavy atom. The molecule has 0 fully saturated rings. The van der Waals surface area contributed by atoms with Crippen molar-refractivity contribution in [3.05, 3.63) is 50.9 Å². The molecule has 0 saturated heterocycles. The molecule has 0 spiro atoms. The summed E-state index contributed by atoms with van der Waals surface area (Å²) >= 11 is 3.32. The van der Waals surface area contributed by atoms with E-state index in [-0.39, 0.29) is 5.92 Å². The van der Waals surface area contributed by atoms with Crippen LogP contribution in [0.5, 0.6) is 0 Å². The van der Waals surface area contributed by atoms with Crippen molar-refractivity contribution in [3.8, 4) is 0 Å². The molecule has 0 radical (unpaired) electrons. The number of hydrogen-bond acceptors (Lipinski definition) is 4. The summed E-state index contributed by atoms with van der Waals surface area (Å²) in [6.45, 7) is 0.403. The van der Waals surface area contributed by atoms with Gasteiger partial charge >= 0.3 is 5.76 Å². The molecule has 0 bridgehead atoms. The van der Waals surface area contributed by atoms with Crippen molar-refractivity contribution in [2.75, 3.05) is 6.54 Å². The van der Waals surface area contributed by atoms with Crippen LogP contribution >= 0.6 is 15.9 Å². The highest BCUT2D eigenvalue weighted by Crippen LogP contribution is 2.25. The van der Waals surface area contributed by atoms with E-state index in [0.29, 0.717) is 17.6 Å². The van der Waals surface area contributed by atoms with Gasteiger partial charge in [-0.2, -0.15) is 0 Å². The van der Waals surface area contributed by atoms with E-state index in [9.17, 15) is 4.79 Å². The molecule has 0 amide bonds. The molecule has 0 aliphatic heterocycles. The predicted molar refractivity (Wildman–Crippen MR) is 74.0 cm³/mol. The normalized spacial score (nSPS) is 12.9. The number of benzene rings is 1. The molecule has 2 heterocycles. The molecule has 0 saturated carbocycles. The summed E-state index contributed by atoms with van der Waals surface area (Å²) in [6, 6.07) is 5.51. The van der Waals surface area contributed by atoms with Gasteiger partial charge < -0.3 is 15.1 Å². The second-order valence-electron chi connectivity index (χ2n) is 4.17. The van der Waals surface area contributed by atoms with Crippen molar-refractivity contribution in [2.24, 2.45) is 5.73 Å². The van der Waals surface area contributed by atoms with E-state index in [4.69, 9.17) is 10.2 Å². The Hall–Kier alpha value is -1.86. The number of nitrogens with one attached hydrogen (secondary N) is 2. The minimum atomic E-state index is -0.461. The van der Waals surface area contributed by atoms with Crippen molar-refractivity contribution >= 4 is 27.0 Å². The summed E-state index contributed by atoms with van der Waals surface area (Å²) in [4.78, 5) is 21.1. The molecule has 6 nitrogen and oxygen atoms in total. The van der Waals surface area contributed by atoms with E-state index in [1.54, 1.807) is 18.3 Å². The number of nitrogens with two attached hydrogens (primary N) is 1. The Morgan fingerprint density at radius 2 is 2.26 bits per heavy atom. The Kier molecular flexibility index (Phi) is 3.00. The summed E-state index contributed by atoms with van der Waals surface area (Å²) in [5.41, 5.74) is 7.96. The van der Waals surface area contributed by atoms with Crippen LogP contribution in [0.25, 0.3) is 11.1 Å². The highest BCUT2D eigenvalue weighted by molar-refractivity contribution is 9.10. The zero-order valence-electron chi connectivity index (χ0n) is 9.81. The Morgan fingerprint density at radius 3 is 2.95 bits per heavy atom. The summed E-state index contributed by atoms with van der Waals surface area (Å²) < 4.78 is 5.85. The van der Waals surface area contributed by atoms with Crippen LogP contribution in [0.2, 0.25) is 0 Å². The van der Waals surface area contributed by atoms with Crippen LogP contribution in [-0.2, 0) is 0 Å². The number of fused-ring (bicyclic) bond motifs is 1. The SMILES string of the molecule is NCC(c1ccc2[nH]c(=O)oc2c1)c1ncc(Br)[nH]1. The maximum absolute atomic E-state index is 11.1. The van der Waals surface area contributed by atoms with E-state index in [1.165, 1.54) is 0 Å². The number of rotatable bonds is 3. The van der Waals surface area contributed by atoms with Crippen LogP contribution in [0.15, 0.2) is 38.2 Å². The quantitative estimate of drug-likeness (QED) is 0.683. The van der Waals surface area contributed by atoms with Crippen molar-refractivity contribution in [3.63, 3.8) is 0 Å². The molecular formula is C12H11BrN4O2. The van der Waals surface area contributed by atoms with Crippen LogP contribution < -0.4 is 11.5 Å². The third-order valence-corrected chi connectivity index (χ3v) is 3.38. The molecule has 1 atom stereocenters. The summed E-state index contributed by atoms with van der Waals surface area (Å²) in [7, 11) is 0. The molecule has 0 aliphatic rings. The second kappa shape index (κ2) is 4.67. The summed E-state index contributed by atoms with van der Waals surface area (Å²) in [5, 5.41) is 0. The van der Waals surface area contributed by atoms with E-state index in [0.717, 1.165) is 16.0 Å². The highest BCUT2D eigenvalue weighted by Gasteiger charge is 2.17. The molecule has 3 rings (SSSR count). The number of hydrogen-bond donors (Lipinski definition) is 3. The van der Waals surface area contributed by atoms with Crippen LogP contribution in [0.3, 0.4) is 0 Å². The van der Waals surface area contributed by atoms with Gasteiger partial charge in [0.25, 0.3) is 0 Å². The van der Waals surface area contributed by atoms with Gasteiger partial charge in [-0.3, -0.25) is 4.98 Å². The highest BCUT2D eigenvalue weighted by atomic mass is 79.9. The lowest BCUT2D eigenvalue weighted by atomic mass is 9.98. The van der Waals surface area contributed by atoms with Gasteiger partial charge in [-0.1, -0.05) is 6.07 Å². The molecule has 1 unspecified atom stereocenters. The van der Waals surface area contributed by atoms with Crippen molar-refractivity contribution in [1.82, 2.24) is 15.0 Å². The summed E-state index contributed by atoms with van der Waals surface area (Å²) in [6.07, 6.45) is 1.69. The van der Waals surface area contributed by atoms with Crippen LogP contribution in [0.1, 0.15) is 17.3 Å². The monoisotopic (exact) mass is 322 g/mol. The maximum Gasteiger partial charge on any atom is 0.417 e. The van der Waals surface area contributed by atoms with Crippen molar-refractivity contribution < 1.29 is 4.42 Å². The minimum Gasteiger partial charge on any atom is -0.408 e. The molecule has 98 valence electrons. The first-order valence-corrected chi connectivity index (χ1v) is 6.50. The number of aromatic nitrogens is 3. The molecule has 7 heteroatoms. The van der Waals surface area contributed by atoms with Crippen LogP contribution in [-0.4, -0.2) is 21.5 Å². The molecule has 0 aliphatic carbocycles. The van der Waals surface area contributed by atoms with E-state index >= 15 is 0 Å². The van der Waals surface area contributed by atoms with E-state index in [2.05, 4.69) is 30.9 Å². The fourth-order valence-electron chi connectivity index (χ4n) is 2.07. The van der Waals surface area contributed by atoms with Gasteiger partial charge in [-0.25, -0.2) is 9.78 Å². The molecule has 3 aromatic rings. The topological polar surface area (TPSA) is 101 Å². The zero-order valence-corrected chi connectivity index (χ0v) is 11.4. The van der Waals surface area contributed by atoms with Gasteiger partial charge in [0.2, 0.25) is 0 Å². The minimum absolute atomic E-state index is 0.0732. The van der Waals surface area contributed by atoms with Gasteiger partial charge in [-0.15, -0.1) is 0 Å². The number of imidazole rings is 1. The lowest BCUT2D eigenvalue weighted by Crippen LogP contribution is -2.15. The number of nitrogens with zero attached hydrogens (tertiary/aromatic N) is 1. The lowest BCUT2D eigenvalue weighted by molar-refractivity contribution is 0.554. The number of H-pyrrole nitrogens is 2. The zero-order chi connectivity index (χ0) is 13.4. The van der Waals surface area contributed by atoms with Gasteiger partial charge in [0.1, 0.15) is 10.4 Å². The van der Waals surface area contributed by atoms with Gasteiger partial charge in [0.15, 0.2) is 5.58 Å². The first kappa shape index (κ1) is 12.2. The number of halogens is 1. The van der Waals surface area contributed by atoms with E-state index in [1.807, 2.05) is 6.07 Å². The second-order valence-corrected chi connectivity index (χ2v) is 5.03. The van der Waals surface area contributed by atoms with Crippen LogP contribution in [0.4, 0.5) is 0 Å². The predicted octanol–water partition coefficient (Wildman–Crippen LogP) is 1.70. The molecule has 4 N–H and O–H groups in total. The van der Waals surface area contributed by atoms with E-state index < -0.39 is 5.76 Å². The fraction of sp³-hybridized carbons (Fsp3) is 0.167. The lowest BCUT2D eigenvalue weighted by Gasteiger charge is -2.12. The molecule has 1 aromatic carbocycles. The first-order valence-electron chi connectivity index (χ1n) is 5.70. The standard InChI is InChI=1S/C12H11BrN4O2/c13-10-5-15-11(17-10)7(4-14)6-1-2-8-9(3-6)19-12(18)16-8/h1-3,5,7H,4,14H2,(H,15,17)(H,16,18). The third kappa shape index (κ3) is 2.22. The van der Waals surface area contributed by atoms with Crippen molar-refractivity contribution in [1.29, 1.82) is 0 Å². The fourth-order valence-corrected chi connectivity index (χ4v) is 2.38. The Balaban J connectivity index is 2.07. The number of aromatic amines is 2. The third-order valence-electron chi connectivity index (χ3n) is 2.98. The molecular weight excluding hydrogens is 312 g/mol. The summed E-state index contributed by atoms with van der Waals surface area (Å²) in [5.74, 6) is 0.236.